The highest BCUT2D eigenvalue weighted by molar-refractivity contribution is 7.91. The first kappa shape index (κ1) is 15.0. The molecule has 1 aliphatic carbocycles. The molecule has 17 heavy (non-hydrogen) atoms. The van der Waals surface area contributed by atoms with E-state index < -0.39 is 9.84 Å². The summed E-state index contributed by atoms with van der Waals surface area (Å²) in [7, 11) is -2.90. The van der Waals surface area contributed by atoms with Crippen LogP contribution in [-0.4, -0.2) is 26.0 Å². The van der Waals surface area contributed by atoms with Crippen molar-refractivity contribution in [3.05, 3.63) is 0 Å². The monoisotopic (exact) mass is 261 g/mol. The Morgan fingerprint density at radius 3 is 2.41 bits per heavy atom. The summed E-state index contributed by atoms with van der Waals surface area (Å²) in [6.45, 7) is 6.51. The SMILES string of the molecule is CCC(C)(C)C(N)C1CCCC(S(C)(=O)=O)C1. The lowest BCUT2D eigenvalue weighted by molar-refractivity contribution is 0.172. The van der Waals surface area contributed by atoms with Crippen LogP contribution in [0.2, 0.25) is 0 Å². The minimum atomic E-state index is -2.90. The summed E-state index contributed by atoms with van der Waals surface area (Å²) in [4.78, 5) is 0. The molecule has 3 unspecified atom stereocenters. The van der Waals surface area contributed by atoms with Crippen molar-refractivity contribution >= 4 is 9.84 Å². The molecule has 4 heteroatoms. The van der Waals surface area contributed by atoms with Gasteiger partial charge >= 0.3 is 0 Å². The highest BCUT2D eigenvalue weighted by Gasteiger charge is 2.37. The largest absolute Gasteiger partial charge is 0.327 e. The molecule has 2 N–H and O–H groups in total. The number of rotatable bonds is 4. The fraction of sp³-hybridized carbons (Fsp3) is 1.00. The van der Waals surface area contributed by atoms with Gasteiger partial charge in [-0.15, -0.1) is 0 Å². The highest BCUT2D eigenvalue weighted by Crippen LogP contribution is 2.37. The molecule has 3 atom stereocenters. The normalized spacial score (nSPS) is 29.0. The summed E-state index contributed by atoms with van der Waals surface area (Å²) in [6.07, 6.45) is 6.04. The Labute approximate surface area is 106 Å². The second-order valence-corrected chi connectivity index (χ2v) is 8.57. The van der Waals surface area contributed by atoms with Crippen molar-refractivity contribution in [2.45, 2.75) is 64.2 Å². The zero-order chi connectivity index (χ0) is 13.3. The molecule has 0 aromatic rings. The van der Waals surface area contributed by atoms with Gasteiger partial charge in [0.2, 0.25) is 0 Å². The molecule has 3 nitrogen and oxygen atoms in total. The van der Waals surface area contributed by atoms with Crippen LogP contribution in [0, 0.1) is 11.3 Å². The molecule has 1 saturated carbocycles. The molecule has 1 aliphatic rings. The topological polar surface area (TPSA) is 60.2 Å². The second kappa shape index (κ2) is 5.27. The van der Waals surface area contributed by atoms with Crippen molar-refractivity contribution in [3.63, 3.8) is 0 Å². The van der Waals surface area contributed by atoms with E-state index in [-0.39, 0.29) is 16.7 Å². The molecule has 0 aromatic heterocycles. The molecule has 0 amide bonds. The van der Waals surface area contributed by atoms with Gasteiger partial charge in [0, 0.05) is 12.3 Å². The summed E-state index contributed by atoms with van der Waals surface area (Å²) >= 11 is 0. The molecule has 0 spiro atoms. The smallest absolute Gasteiger partial charge is 0.150 e. The van der Waals surface area contributed by atoms with E-state index in [1.807, 2.05) is 0 Å². The fourth-order valence-electron chi connectivity index (χ4n) is 2.77. The van der Waals surface area contributed by atoms with E-state index in [1.54, 1.807) is 0 Å². The summed E-state index contributed by atoms with van der Waals surface area (Å²) in [6, 6.07) is 0.108. The van der Waals surface area contributed by atoms with Gasteiger partial charge in [-0.2, -0.15) is 0 Å². The summed E-state index contributed by atoms with van der Waals surface area (Å²) in [5.74, 6) is 0.360. The Kier molecular flexibility index (Phi) is 4.64. The van der Waals surface area contributed by atoms with Crippen LogP contribution in [0.3, 0.4) is 0 Å². The van der Waals surface area contributed by atoms with Gasteiger partial charge in [-0.05, 0) is 37.0 Å². The minimum absolute atomic E-state index is 0.101. The van der Waals surface area contributed by atoms with Crippen molar-refractivity contribution < 1.29 is 8.42 Å². The zero-order valence-corrected chi connectivity index (χ0v) is 12.4. The average molecular weight is 261 g/mol. The first-order valence-electron chi connectivity index (χ1n) is 6.63. The third-order valence-electron chi connectivity index (χ3n) is 4.59. The third-order valence-corrected chi connectivity index (χ3v) is 6.23. The van der Waals surface area contributed by atoms with Crippen LogP contribution in [0.25, 0.3) is 0 Å². The summed E-state index contributed by atoms with van der Waals surface area (Å²) < 4.78 is 23.3. The van der Waals surface area contributed by atoms with Crippen molar-refractivity contribution in [1.82, 2.24) is 0 Å². The minimum Gasteiger partial charge on any atom is -0.327 e. The van der Waals surface area contributed by atoms with E-state index in [0.29, 0.717) is 5.92 Å². The van der Waals surface area contributed by atoms with Gasteiger partial charge in [0.1, 0.15) is 9.84 Å². The highest BCUT2D eigenvalue weighted by atomic mass is 32.2. The van der Waals surface area contributed by atoms with Crippen LogP contribution in [0.15, 0.2) is 0 Å². The summed E-state index contributed by atoms with van der Waals surface area (Å²) in [5, 5.41) is -0.167. The predicted octanol–water partition coefficient (Wildman–Crippen LogP) is 2.35. The van der Waals surface area contributed by atoms with Gasteiger partial charge in [0.15, 0.2) is 0 Å². The van der Waals surface area contributed by atoms with Gasteiger partial charge in [-0.25, -0.2) is 8.42 Å². The lowest BCUT2D eigenvalue weighted by Crippen LogP contribution is -2.46. The molecular weight excluding hydrogens is 234 g/mol. The third kappa shape index (κ3) is 3.68. The predicted molar refractivity (Wildman–Crippen MR) is 72.6 cm³/mol. The molecule has 102 valence electrons. The maximum atomic E-state index is 11.6. The average Bonchev–Trinajstić information content (AvgIpc) is 2.27. The number of nitrogens with two attached hydrogens (primary N) is 1. The molecule has 0 heterocycles. The summed E-state index contributed by atoms with van der Waals surface area (Å²) in [5.41, 5.74) is 6.45. The standard InChI is InChI=1S/C13H27NO2S/c1-5-13(2,3)12(14)10-7-6-8-11(9-10)17(4,15)16/h10-12H,5-9,14H2,1-4H3. The molecule has 0 aliphatic heterocycles. The Morgan fingerprint density at radius 2 is 1.94 bits per heavy atom. The molecule has 1 fully saturated rings. The van der Waals surface area contributed by atoms with E-state index in [9.17, 15) is 8.42 Å². The molecule has 0 radical (unpaired) electrons. The van der Waals surface area contributed by atoms with E-state index >= 15 is 0 Å². The molecule has 0 aromatic carbocycles. The van der Waals surface area contributed by atoms with Gasteiger partial charge in [0.25, 0.3) is 0 Å². The quantitative estimate of drug-likeness (QED) is 0.845. The number of hydrogen-bond donors (Lipinski definition) is 1. The second-order valence-electron chi connectivity index (χ2n) is 6.25. The van der Waals surface area contributed by atoms with E-state index in [2.05, 4.69) is 20.8 Å². The maximum Gasteiger partial charge on any atom is 0.150 e. The lowest BCUT2D eigenvalue weighted by atomic mass is 9.71. The molecular formula is C13H27NO2S. The molecule has 0 bridgehead atoms. The van der Waals surface area contributed by atoms with E-state index in [1.165, 1.54) is 6.26 Å². The van der Waals surface area contributed by atoms with Crippen molar-refractivity contribution in [2.75, 3.05) is 6.26 Å². The molecule has 1 rings (SSSR count). The Morgan fingerprint density at radius 1 is 1.35 bits per heavy atom. The van der Waals surface area contributed by atoms with Crippen LogP contribution in [0.1, 0.15) is 52.9 Å². The first-order chi connectivity index (χ1) is 7.68. The van der Waals surface area contributed by atoms with Crippen LogP contribution in [0.4, 0.5) is 0 Å². The Bertz CT molecular complexity index is 348. The van der Waals surface area contributed by atoms with Gasteiger partial charge in [0.05, 0.1) is 5.25 Å². The van der Waals surface area contributed by atoms with Crippen molar-refractivity contribution in [2.24, 2.45) is 17.1 Å². The van der Waals surface area contributed by atoms with Crippen molar-refractivity contribution in [1.29, 1.82) is 0 Å². The van der Waals surface area contributed by atoms with Crippen LogP contribution in [-0.2, 0) is 9.84 Å². The lowest BCUT2D eigenvalue weighted by Gasteiger charge is -2.40. The molecule has 0 saturated heterocycles. The van der Waals surface area contributed by atoms with Gasteiger partial charge in [-0.3, -0.25) is 0 Å². The van der Waals surface area contributed by atoms with Crippen LogP contribution >= 0.6 is 0 Å². The van der Waals surface area contributed by atoms with E-state index in [0.717, 1.165) is 32.1 Å². The van der Waals surface area contributed by atoms with E-state index in [4.69, 9.17) is 5.73 Å². The zero-order valence-electron chi connectivity index (χ0n) is 11.6. The van der Waals surface area contributed by atoms with Gasteiger partial charge < -0.3 is 5.73 Å². The first-order valence-corrected chi connectivity index (χ1v) is 8.58. The maximum absolute atomic E-state index is 11.6. The number of hydrogen-bond acceptors (Lipinski definition) is 3. The van der Waals surface area contributed by atoms with Crippen molar-refractivity contribution in [3.8, 4) is 0 Å². The Balaban J connectivity index is 2.74. The van der Waals surface area contributed by atoms with Gasteiger partial charge in [-0.1, -0.05) is 27.2 Å². The fourth-order valence-corrected chi connectivity index (χ4v) is 3.96. The number of sulfone groups is 1. The van der Waals surface area contributed by atoms with Crippen LogP contribution < -0.4 is 5.73 Å². The van der Waals surface area contributed by atoms with Crippen LogP contribution in [0.5, 0.6) is 0 Å². The Hall–Kier alpha value is -0.0900.